The number of rotatable bonds is 3. The van der Waals surface area contributed by atoms with Gasteiger partial charge in [-0.25, -0.2) is 4.39 Å². The molecule has 5 heteroatoms. The van der Waals surface area contributed by atoms with E-state index in [0.29, 0.717) is 11.6 Å². The molecule has 20 heavy (non-hydrogen) atoms. The van der Waals surface area contributed by atoms with Crippen LogP contribution < -0.4 is 4.74 Å². The molecule has 2 fully saturated rings. The van der Waals surface area contributed by atoms with E-state index in [1.807, 2.05) is 17.8 Å². The molecule has 2 unspecified atom stereocenters. The van der Waals surface area contributed by atoms with Gasteiger partial charge in [-0.1, -0.05) is 0 Å². The van der Waals surface area contributed by atoms with Gasteiger partial charge in [0.1, 0.15) is 17.7 Å². The average Bonchev–Trinajstić information content (AvgIpc) is 2.86. The summed E-state index contributed by atoms with van der Waals surface area (Å²) in [6, 6.07) is 4.70. The van der Waals surface area contributed by atoms with E-state index in [9.17, 15) is 4.39 Å². The van der Waals surface area contributed by atoms with Crippen molar-refractivity contribution in [2.45, 2.75) is 36.8 Å². The summed E-state index contributed by atoms with van der Waals surface area (Å²) in [6.07, 6.45) is 2.95. The Kier molecular flexibility index (Phi) is 4.43. The Morgan fingerprint density at radius 2 is 2.35 bits per heavy atom. The number of benzene rings is 1. The molecular weight excluding hydrogens is 299 g/mol. The standard InChI is InChI=1S/C15H18ClFO2S/c16-9-11-5-12(17)7-14(6-11)19-13-1-3-18-15(8-13)2-4-20-10-15/h5-7,13H,1-4,8-10H2. The van der Waals surface area contributed by atoms with Crippen molar-refractivity contribution in [3.8, 4) is 5.75 Å². The van der Waals surface area contributed by atoms with Crippen molar-refractivity contribution < 1.29 is 13.9 Å². The van der Waals surface area contributed by atoms with Crippen molar-refractivity contribution in [3.63, 3.8) is 0 Å². The van der Waals surface area contributed by atoms with Crippen LogP contribution in [0.25, 0.3) is 0 Å². The minimum Gasteiger partial charge on any atom is -0.490 e. The van der Waals surface area contributed by atoms with Crippen molar-refractivity contribution in [2.24, 2.45) is 0 Å². The van der Waals surface area contributed by atoms with Crippen molar-refractivity contribution in [1.82, 2.24) is 0 Å². The Labute approximate surface area is 128 Å². The molecule has 0 radical (unpaired) electrons. The van der Waals surface area contributed by atoms with Crippen LogP contribution in [-0.2, 0) is 10.6 Å². The number of ether oxygens (including phenoxy) is 2. The molecule has 1 spiro atoms. The highest BCUT2D eigenvalue weighted by Gasteiger charge is 2.41. The van der Waals surface area contributed by atoms with Crippen LogP contribution in [0.3, 0.4) is 0 Å². The molecule has 110 valence electrons. The van der Waals surface area contributed by atoms with Crippen LogP contribution in [0.15, 0.2) is 18.2 Å². The van der Waals surface area contributed by atoms with Crippen LogP contribution >= 0.6 is 23.4 Å². The topological polar surface area (TPSA) is 18.5 Å². The molecule has 0 amide bonds. The maximum atomic E-state index is 13.5. The van der Waals surface area contributed by atoms with Gasteiger partial charge in [-0.3, -0.25) is 0 Å². The van der Waals surface area contributed by atoms with Gasteiger partial charge < -0.3 is 9.47 Å². The zero-order valence-corrected chi connectivity index (χ0v) is 12.8. The molecular formula is C15H18ClFO2S. The first kappa shape index (κ1) is 14.5. The quantitative estimate of drug-likeness (QED) is 0.785. The lowest BCUT2D eigenvalue weighted by Crippen LogP contribution is -2.43. The molecule has 2 aliphatic heterocycles. The molecule has 0 bridgehead atoms. The summed E-state index contributed by atoms with van der Waals surface area (Å²) in [5.41, 5.74) is 0.732. The van der Waals surface area contributed by atoms with Crippen LogP contribution in [0.5, 0.6) is 5.75 Å². The SMILES string of the molecule is Fc1cc(CCl)cc(OC2CCOC3(CCSC3)C2)c1. The van der Waals surface area contributed by atoms with Gasteiger partial charge in [0.25, 0.3) is 0 Å². The summed E-state index contributed by atoms with van der Waals surface area (Å²) in [4.78, 5) is 0. The molecule has 0 saturated carbocycles. The van der Waals surface area contributed by atoms with E-state index < -0.39 is 0 Å². The molecule has 1 aromatic carbocycles. The summed E-state index contributed by atoms with van der Waals surface area (Å²) in [5, 5.41) is 0. The van der Waals surface area contributed by atoms with Crippen molar-refractivity contribution in [2.75, 3.05) is 18.1 Å². The third kappa shape index (κ3) is 3.23. The first-order valence-corrected chi connectivity index (χ1v) is 8.62. The van der Waals surface area contributed by atoms with E-state index in [1.165, 1.54) is 12.1 Å². The lowest BCUT2D eigenvalue weighted by Gasteiger charge is -2.37. The smallest absolute Gasteiger partial charge is 0.127 e. The third-order valence-corrected chi connectivity index (χ3v) is 5.43. The Morgan fingerprint density at radius 3 is 3.10 bits per heavy atom. The number of alkyl halides is 1. The number of thioether (sulfide) groups is 1. The van der Waals surface area contributed by atoms with Crippen molar-refractivity contribution in [3.05, 3.63) is 29.6 Å². The third-order valence-electron chi connectivity index (χ3n) is 3.90. The molecule has 0 aliphatic carbocycles. The van der Waals surface area contributed by atoms with E-state index in [0.717, 1.165) is 42.9 Å². The Hall–Kier alpha value is -0.450. The maximum absolute atomic E-state index is 13.5. The molecule has 1 aromatic rings. The summed E-state index contributed by atoms with van der Waals surface area (Å²) in [5.74, 6) is 2.78. The van der Waals surface area contributed by atoms with Gasteiger partial charge >= 0.3 is 0 Å². The van der Waals surface area contributed by atoms with Gasteiger partial charge in [0.2, 0.25) is 0 Å². The minimum absolute atomic E-state index is 0.0176. The molecule has 2 atom stereocenters. The van der Waals surface area contributed by atoms with E-state index in [4.69, 9.17) is 21.1 Å². The maximum Gasteiger partial charge on any atom is 0.127 e. The lowest BCUT2D eigenvalue weighted by molar-refractivity contribution is -0.0959. The van der Waals surface area contributed by atoms with Gasteiger partial charge in [0.15, 0.2) is 0 Å². The van der Waals surface area contributed by atoms with Crippen LogP contribution in [0, 0.1) is 5.82 Å². The predicted octanol–water partition coefficient (Wildman–Crippen LogP) is 4.00. The second-order valence-corrected chi connectivity index (χ2v) is 6.87. The number of halogens is 2. The fourth-order valence-electron chi connectivity index (χ4n) is 2.91. The van der Waals surface area contributed by atoms with Gasteiger partial charge in [0.05, 0.1) is 12.2 Å². The summed E-state index contributed by atoms with van der Waals surface area (Å²) < 4.78 is 25.4. The van der Waals surface area contributed by atoms with E-state index >= 15 is 0 Å². The lowest BCUT2D eigenvalue weighted by atomic mass is 9.91. The number of hydrogen-bond acceptors (Lipinski definition) is 3. The summed E-state index contributed by atoms with van der Waals surface area (Å²) >= 11 is 7.71. The normalized spacial score (nSPS) is 29.8. The van der Waals surface area contributed by atoms with Gasteiger partial charge in [-0.15, -0.1) is 11.6 Å². The minimum atomic E-state index is -0.295. The van der Waals surface area contributed by atoms with E-state index in [2.05, 4.69) is 0 Å². The van der Waals surface area contributed by atoms with Crippen LogP contribution in [0.4, 0.5) is 4.39 Å². The zero-order chi connectivity index (χ0) is 14.0. The van der Waals surface area contributed by atoms with Crippen molar-refractivity contribution in [1.29, 1.82) is 0 Å². The second-order valence-electron chi connectivity index (χ2n) is 5.50. The zero-order valence-electron chi connectivity index (χ0n) is 11.2. The largest absolute Gasteiger partial charge is 0.490 e. The molecule has 3 rings (SSSR count). The second kappa shape index (κ2) is 6.12. The van der Waals surface area contributed by atoms with Crippen molar-refractivity contribution >= 4 is 23.4 Å². The summed E-state index contributed by atoms with van der Waals surface area (Å²) in [6.45, 7) is 0.725. The average molecular weight is 317 g/mol. The predicted molar refractivity (Wildman–Crippen MR) is 80.2 cm³/mol. The van der Waals surface area contributed by atoms with Gasteiger partial charge in [-0.2, -0.15) is 11.8 Å². The Bertz CT molecular complexity index is 477. The highest BCUT2D eigenvalue weighted by atomic mass is 35.5. The molecule has 2 aliphatic rings. The van der Waals surface area contributed by atoms with E-state index in [-0.39, 0.29) is 17.5 Å². The highest BCUT2D eigenvalue weighted by Crippen LogP contribution is 2.39. The molecule has 2 nitrogen and oxygen atoms in total. The molecule has 0 N–H and O–H groups in total. The molecule has 0 aromatic heterocycles. The number of hydrogen-bond donors (Lipinski definition) is 0. The first-order chi connectivity index (χ1) is 9.69. The van der Waals surface area contributed by atoms with Crippen LogP contribution in [0.2, 0.25) is 0 Å². The molecule has 2 heterocycles. The Morgan fingerprint density at radius 1 is 1.45 bits per heavy atom. The van der Waals surface area contributed by atoms with Crippen LogP contribution in [0.1, 0.15) is 24.8 Å². The molecule has 2 saturated heterocycles. The van der Waals surface area contributed by atoms with Gasteiger partial charge in [0, 0.05) is 30.5 Å². The Balaban J connectivity index is 1.69. The fourth-order valence-corrected chi connectivity index (χ4v) is 4.44. The van der Waals surface area contributed by atoms with Gasteiger partial charge in [-0.05, 0) is 29.9 Å². The highest BCUT2D eigenvalue weighted by molar-refractivity contribution is 7.99. The first-order valence-electron chi connectivity index (χ1n) is 6.93. The van der Waals surface area contributed by atoms with Crippen LogP contribution in [-0.4, -0.2) is 29.8 Å². The van der Waals surface area contributed by atoms with E-state index in [1.54, 1.807) is 0 Å². The monoisotopic (exact) mass is 316 g/mol. The summed E-state index contributed by atoms with van der Waals surface area (Å²) in [7, 11) is 0. The fraction of sp³-hybridized carbons (Fsp3) is 0.600.